The Balaban J connectivity index is 2.58. The van der Waals surface area contributed by atoms with E-state index >= 15 is 0 Å². The predicted octanol–water partition coefficient (Wildman–Crippen LogP) is 3.41. The van der Waals surface area contributed by atoms with Gasteiger partial charge in [-0.2, -0.15) is 11.3 Å². The van der Waals surface area contributed by atoms with Crippen LogP contribution in [0.15, 0.2) is 16.8 Å². The standard InChI is InChI=1S/C12H21NS/c1-5-13-10(2)8-12(3,4)11-6-7-14-9-11/h6-7,9-10,13H,5,8H2,1-4H3. The Bertz CT molecular complexity index is 251. The first-order valence-electron chi connectivity index (χ1n) is 5.32. The molecule has 0 aromatic carbocycles. The number of nitrogens with one attached hydrogen (secondary N) is 1. The molecular formula is C12H21NS. The predicted molar refractivity (Wildman–Crippen MR) is 65.1 cm³/mol. The molecule has 1 heterocycles. The lowest BCUT2D eigenvalue weighted by Crippen LogP contribution is -2.32. The van der Waals surface area contributed by atoms with Crippen molar-refractivity contribution in [2.75, 3.05) is 6.54 Å². The molecule has 0 saturated heterocycles. The van der Waals surface area contributed by atoms with Crippen LogP contribution in [0.5, 0.6) is 0 Å². The molecule has 0 amide bonds. The van der Waals surface area contributed by atoms with Crippen LogP contribution >= 0.6 is 11.3 Å². The van der Waals surface area contributed by atoms with E-state index in [1.165, 1.54) is 12.0 Å². The Morgan fingerprint density at radius 3 is 2.71 bits per heavy atom. The van der Waals surface area contributed by atoms with Gasteiger partial charge in [0.2, 0.25) is 0 Å². The van der Waals surface area contributed by atoms with Gasteiger partial charge < -0.3 is 5.32 Å². The molecule has 0 bridgehead atoms. The van der Waals surface area contributed by atoms with E-state index in [4.69, 9.17) is 0 Å². The molecule has 0 fully saturated rings. The Morgan fingerprint density at radius 1 is 1.50 bits per heavy atom. The van der Waals surface area contributed by atoms with E-state index in [0.717, 1.165) is 6.54 Å². The van der Waals surface area contributed by atoms with Crippen LogP contribution in [-0.2, 0) is 5.41 Å². The van der Waals surface area contributed by atoms with Crippen LogP contribution in [0.25, 0.3) is 0 Å². The summed E-state index contributed by atoms with van der Waals surface area (Å²) < 4.78 is 0. The number of rotatable bonds is 5. The maximum absolute atomic E-state index is 3.47. The molecule has 1 unspecified atom stereocenters. The summed E-state index contributed by atoms with van der Waals surface area (Å²) >= 11 is 1.79. The van der Waals surface area contributed by atoms with E-state index in [1.54, 1.807) is 11.3 Å². The smallest absolute Gasteiger partial charge is 0.00468 e. The fourth-order valence-electron chi connectivity index (χ4n) is 1.95. The van der Waals surface area contributed by atoms with Crippen LogP contribution in [-0.4, -0.2) is 12.6 Å². The molecule has 2 heteroatoms. The largest absolute Gasteiger partial charge is 0.315 e. The van der Waals surface area contributed by atoms with Crippen molar-refractivity contribution < 1.29 is 0 Å². The summed E-state index contributed by atoms with van der Waals surface area (Å²) in [7, 11) is 0. The minimum Gasteiger partial charge on any atom is -0.315 e. The van der Waals surface area contributed by atoms with Crippen LogP contribution in [0.4, 0.5) is 0 Å². The molecule has 0 aliphatic carbocycles. The molecule has 1 aromatic rings. The average molecular weight is 211 g/mol. The summed E-state index contributed by atoms with van der Waals surface area (Å²) in [5.74, 6) is 0. The Morgan fingerprint density at radius 2 is 2.21 bits per heavy atom. The summed E-state index contributed by atoms with van der Waals surface area (Å²) in [6.07, 6.45) is 1.19. The van der Waals surface area contributed by atoms with Crippen LogP contribution in [0.1, 0.15) is 39.7 Å². The van der Waals surface area contributed by atoms with Crippen molar-refractivity contribution in [3.63, 3.8) is 0 Å². The molecule has 1 nitrogen and oxygen atoms in total. The first-order valence-corrected chi connectivity index (χ1v) is 6.26. The lowest BCUT2D eigenvalue weighted by molar-refractivity contribution is 0.395. The number of hydrogen-bond donors (Lipinski definition) is 1. The van der Waals surface area contributed by atoms with Crippen molar-refractivity contribution in [1.82, 2.24) is 5.32 Å². The molecule has 1 aromatic heterocycles. The van der Waals surface area contributed by atoms with Crippen LogP contribution < -0.4 is 5.32 Å². The molecule has 1 N–H and O–H groups in total. The molecule has 14 heavy (non-hydrogen) atoms. The Hall–Kier alpha value is -0.340. The van der Waals surface area contributed by atoms with Crippen molar-refractivity contribution in [3.05, 3.63) is 22.4 Å². The monoisotopic (exact) mass is 211 g/mol. The highest BCUT2D eigenvalue weighted by molar-refractivity contribution is 7.08. The molecule has 1 atom stereocenters. The van der Waals surface area contributed by atoms with Gasteiger partial charge in [0.25, 0.3) is 0 Å². The molecule has 0 aliphatic heterocycles. The first kappa shape index (κ1) is 11.7. The van der Waals surface area contributed by atoms with E-state index in [9.17, 15) is 0 Å². The van der Waals surface area contributed by atoms with Crippen LogP contribution in [0, 0.1) is 0 Å². The van der Waals surface area contributed by atoms with Crippen LogP contribution in [0.2, 0.25) is 0 Å². The van der Waals surface area contributed by atoms with Crippen molar-refractivity contribution in [2.24, 2.45) is 0 Å². The van der Waals surface area contributed by atoms with Crippen molar-refractivity contribution in [1.29, 1.82) is 0 Å². The summed E-state index contributed by atoms with van der Waals surface area (Å²) in [4.78, 5) is 0. The number of hydrogen-bond acceptors (Lipinski definition) is 2. The molecule has 0 spiro atoms. The zero-order valence-electron chi connectivity index (χ0n) is 9.63. The minimum atomic E-state index is 0.293. The highest BCUT2D eigenvalue weighted by Crippen LogP contribution is 2.29. The molecular weight excluding hydrogens is 190 g/mol. The third kappa shape index (κ3) is 3.10. The van der Waals surface area contributed by atoms with E-state index in [1.807, 2.05) is 0 Å². The van der Waals surface area contributed by atoms with Gasteiger partial charge in [-0.3, -0.25) is 0 Å². The van der Waals surface area contributed by atoms with Gasteiger partial charge >= 0.3 is 0 Å². The third-order valence-corrected chi connectivity index (χ3v) is 3.35. The molecule has 80 valence electrons. The lowest BCUT2D eigenvalue weighted by atomic mass is 9.81. The summed E-state index contributed by atoms with van der Waals surface area (Å²) in [6.45, 7) is 10.1. The first-order chi connectivity index (χ1) is 6.56. The summed E-state index contributed by atoms with van der Waals surface area (Å²) in [5, 5.41) is 7.89. The second-order valence-electron chi connectivity index (χ2n) is 4.56. The quantitative estimate of drug-likeness (QED) is 0.787. The number of thiophene rings is 1. The van der Waals surface area contributed by atoms with Gasteiger partial charge in [-0.05, 0) is 47.7 Å². The van der Waals surface area contributed by atoms with Crippen molar-refractivity contribution >= 4 is 11.3 Å². The van der Waals surface area contributed by atoms with Gasteiger partial charge in [0.15, 0.2) is 0 Å². The SMILES string of the molecule is CCNC(C)CC(C)(C)c1ccsc1. The molecule has 0 radical (unpaired) electrons. The zero-order valence-corrected chi connectivity index (χ0v) is 10.4. The van der Waals surface area contributed by atoms with Gasteiger partial charge in [0.05, 0.1) is 0 Å². The van der Waals surface area contributed by atoms with Gasteiger partial charge in [-0.1, -0.05) is 20.8 Å². The summed E-state index contributed by atoms with van der Waals surface area (Å²) in [5.41, 5.74) is 1.76. The van der Waals surface area contributed by atoms with Gasteiger partial charge in [0.1, 0.15) is 0 Å². The Kier molecular flexibility index (Phi) is 4.14. The topological polar surface area (TPSA) is 12.0 Å². The van der Waals surface area contributed by atoms with Crippen LogP contribution in [0.3, 0.4) is 0 Å². The van der Waals surface area contributed by atoms with Gasteiger partial charge in [-0.25, -0.2) is 0 Å². The fraction of sp³-hybridized carbons (Fsp3) is 0.667. The second-order valence-corrected chi connectivity index (χ2v) is 5.34. The zero-order chi connectivity index (χ0) is 10.6. The van der Waals surface area contributed by atoms with E-state index in [2.05, 4.69) is 49.8 Å². The average Bonchev–Trinajstić information content (AvgIpc) is 2.54. The van der Waals surface area contributed by atoms with E-state index in [0.29, 0.717) is 11.5 Å². The molecule has 0 aliphatic rings. The van der Waals surface area contributed by atoms with Crippen molar-refractivity contribution in [2.45, 2.75) is 45.6 Å². The Labute approximate surface area is 91.5 Å². The maximum Gasteiger partial charge on any atom is 0.00468 e. The van der Waals surface area contributed by atoms with Gasteiger partial charge in [-0.15, -0.1) is 0 Å². The summed E-state index contributed by atoms with van der Waals surface area (Å²) in [6, 6.07) is 2.83. The van der Waals surface area contributed by atoms with Crippen molar-refractivity contribution in [3.8, 4) is 0 Å². The normalized spacial score (nSPS) is 14.3. The molecule has 0 saturated carbocycles. The van der Waals surface area contributed by atoms with E-state index < -0.39 is 0 Å². The molecule has 1 rings (SSSR count). The van der Waals surface area contributed by atoms with E-state index in [-0.39, 0.29) is 0 Å². The van der Waals surface area contributed by atoms with Gasteiger partial charge in [0, 0.05) is 6.04 Å². The maximum atomic E-state index is 3.47. The minimum absolute atomic E-state index is 0.293. The third-order valence-electron chi connectivity index (χ3n) is 2.67. The fourth-order valence-corrected chi connectivity index (χ4v) is 2.80. The highest BCUT2D eigenvalue weighted by Gasteiger charge is 2.23. The highest BCUT2D eigenvalue weighted by atomic mass is 32.1. The lowest BCUT2D eigenvalue weighted by Gasteiger charge is -2.27. The second kappa shape index (κ2) is 4.94.